The molecule has 0 N–H and O–H groups in total. The van der Waals surface area contributed by atoms with E-state index >= 15 is 0 Å². The molecule has 1 aromatic heterocycles. The van der Waals surface area contributed by atoms with Crippen LogP contribution in [0.15, 0.2) is 35.7 Å². The lowest BCUT2D eigenvalue weighted by Crippen LogP contribution is -2.04. The summed E-state index contributed by atoms with van der Waals surface area (Å²) in [6.07, 6.45) is 0. The SMILES string of the molecule is CC(=O)Oc1ccc(-c2cccs2)cc1[N+](=O)[O-]. The van der Waals surface area contributed by atoms with Gasteiger partial charge in [-0.3, -0.25) is 14.9 Å². The second-order valence-corrected chi connectivity index (χ2v) is 4.46. The molecule has 5 nitrogen and oxygen atoms in total. The van der Waals surface area contributed by atoms with Crippen LogP contribution in [0.2, 0.25) is 0 Å². The molecule has 2 rings (SSSR count). The number of esters is 1. The second kappa shape index (κ2) is 4.97. The second-order valence-electron chi connectivity index (χ2n) is 3.51. The number of hydrogen-bond donors (Lipinski definition) is 0. The summed E-state index contributed by atoms with van der Waals surface area (Å²) in [5.41, 5.74) is 0.517. The Hall–Kier alpha value is -2.21. The van der Waals surface area contributed by atoms with Gasteiger partial charge in [-0.1, -0.05) is 6.07 Å². The largest absolute Gasteiger partial charge is 0.419 e. The molecule has 0 radical (unpaired) electrons. The number of rotatable bonds is 3. The number of benzene rings is 1. The molecule has 0 fully saturated rings. The minimum Gasteiger partial charge on any atom is -0.419 e. The maximum atomic E-state index is 10.9. The van der Waals surface area contributed by atoms with E-state index in [1.54, 1.807) is 6.07 Å². The predicted molar refractivity (Wildman–Crippen MR) is 67.7 cm³/mol. The first-order valence-electron chi connectivity index (χ1n) is 5.08. The molecule has 0 amide bonds. The highest BCUT2D eigenvalue weighted by Crippen LogP contribution is 2.34. The van der Waals surface area contributed by atoms with Gasteiger partial charge in [0.2, 0.25) is 5.75 Å². The first-order chi connectivity index (χ1) is 8.58. The lowest BCUT2D eigenvalue weighted by molar-refractivity contribution is -0.385. The van der Waals surface area contributed by atoms with E-state index in [4.69, 9.17) is 4.74 Å². The number of ether oxygens (including phenoxy) is 1. The third-order valence-electron chi connectivity index (χ3n) is 2.22. The number of nitro groups is 1. The lowest BCUT2D eigenvalue weighted by Gasteiger charge is -2.04. The van der Waals surface area contributed by atoms with Crippen molar-refractivity contribution in [2.75, 3.05) is 0 Å². The van der Waals surface area contributed by atoms with Crippen LogP contribution >= 0.6 is 11.3 Å². The van der Waals surface area contributed by atoms with E-state index in [0.717, 1.165) is 10.4 Å². The van der Waals surface area contributed by atoms with Gasteiger partial charge in [-0.2, -0.15) is 0 Å². The topological polar surface area (TPSA) is 69.4 Å². The van der Waals surface area contributed by atoms with Gasteiger partial charge in [0, 0.05) is 17.9 Å². The monoisotopic (exact) mass is 263 g/mol. The van der Waals surface area contributed by atoms with Crippen LogP contribution in [0.25, 0.3) is 10.4 Å². The van der Waals surface area contributed by atoms with Crippen molar-refractivity contribution < 1.29 is 14.5 Å². The summed E-state index contributed by atoms with van der Waals surface area (Å²) in [7, 11) is 0. The van der Waals surface area contributed by atoms with Crippen LogP contribution in [0.4, 0.5) is 5.69 Å². The third-order valence-corrected chi connectivity index (χ3v) is 3.13. The van der Waals surface area contributed by atoms with E-state index in [2.05, 4.69) is 0 Å². The Bertz CT molecular complexity index is 592. The van der Waals surface area contributed by atoms with Crippen LogP contribution in [0.1, 0.15) is 6.92 Å². The molecular formula is C12H9NO4S. The van der Waals surface area contributed by atoms with Crippen LogP contribution < -0.4 is 4.74 Å². The molecule has 0 unspecified atom stereocenters. The normalized spacial score (nSPS) is 10.1. The van der Waals surface area contributed by atoms with Crippen LogP contribution in [0.5, 0.6) is 5.75 Å². The number of nitrogens with zero attached hydrogens (tertiary/aromatic N) is 1. The van der Waals surface area contributed by atoms with Gasteiger partial charge in [-0.05, 0) is 29.1 Å². The van der Waals surface area contributed by atoms with Gasteiger partial charge in [-0.15, -0.1) is 11.3 Å². The first-order valence-corrected chi connectivity index (χ1v) is 5.96. The highest BCUT2D eigenvalue weighted by molar-refractivity contribution is 7.13. The summed E-state index contributed by atoms with van der Waals surface area (Å²) >= 11 is 1.49. The molecule has 0 saturated heterocycles. The minimum absolute atomic E-state index is 0.0344. The number of thiophene rings is 1. The van der Waals surface area contributed by atoms with E-state index < -0.39 is 10.9 Å². The minimum atomic E-state index is -0.582. The quantitative estimate of drug-likeness (QED) is 0.369. The fourth-order valence-electron chi connectivity index (χ4n) is 1.50. The molecule has 18 heavy (non-hydrogen) atoms. The number of carbonyl (C=O) groups is 1. The Labute approximate surface area is 107 Å². The van der Waals surface area contributed by atoms with Gasteiger partial charge in [0.1, 0.15) is 0 Å². The van der Waals surface area contributed by atoms with Crippen molar-refractivity contribution in [1.82, 2.24) is 0 Å². The van der Waals surface area contributed by atoms with Crippen molar-refractivity contribution in [2.45, 2.75) is 6.92 Å². The van der Waals surface area contributed by atoms with Gasteiger partial charge in [0.15, 0.2) is 0 Å². The fourth-order valence-corrected chi connectivity index (χ4v) is 2.22. The van der Waals surface area contributed by atoms with Crippen molar-refractivity contribution in [3.63, 3.8) is 0 Å². The Morgan fingerprint density at radius 1 is 1.39 bits per heavy atom. The van der Waals surface area contributed by atoms with Gasteiger partial charge in [0.05, 0.1) is 4.92 Å². The molecule has 6 heteroatoms. The smallest absolute Gasteiger partial charge is 0.312 e. The van der Waals surface area contributed by atoms with E-state index in [9.17, 15) is 14.9 Å². The molecule has 2 aromatic rings. The molecule has 0 aliphatic rings. The Morgan fingerprint density at radius 3 is 2.72 bits per heavy atom. The summed E-state index contributed by atoms with van der Waals surface area (Å²) in [5, 5.41) is 12.8. The zero-order valence-electron chi connectivity index (χ0n) is 9.45. The molecule has 92 valence electrons. The van der Waals surface area contributed by atoms with Crippen molar-refractivity contribution in [2.24, 2.45) is 0 Å². The van der Waals surface area contributed by atoms with E-state index in [1.807, 2.05) is 17.5 Å². The van der Waals surface area contributed by atoms with Crippen molar-refractivity contribution in [1.29, 1.82) is 0 Å². The zero-order valence-corrected chi connectivity index (χ0v) is 10.3. The van der Waals surface area contributed by atoms with E-state index in [1.165, 1.54) is 30.4 Å². The maximum absolute atomic E-state index is 10.9. The summed E-state index contributed by atoms with van der Waals surface area (Å²) in [6.45, 7) is 1.21. The zero-order chi connectivity index (χ0) is 13.1. The Kier molecular flexibility index (Phi) is 3.38. The Balaban J connectivity index is 2.46. The average Bonchev–Trinajstić information content (AvgIpc) is 2.82. The third kappa shape index (κ3) is 2.54. The molecule has 0 aliphatic heterocycles. The maximum Gasteiger partial charge on any atom is 0.312 e. The number of nitro benzene ring substituents is 1. The molecule has 0 saturated carbocycles. The molecule has 0 bridgehead atoms. The number of carbonyl (C=O) groups excluding carboxylic acids is 1. The molecule has 1 aromatic carbocycles. The van der Waals surface area contributed by atoms with Gasteiger partial charge < -0.3 is 4.74 Å². The molecule has 0 aliphatic carbocycles. The molecular weight excluding hydrogens is 254 g/mol. The van der Waals surface area contributed by atoms with Gasteiger partial charge >= 0.3 is 11.7 Å². The predicted octanol–water partition coefficient (Wildman–Crippen LogP) is 3.25. The van der Waals surface area contributed by atoms with Crippen molar-refractivity contribution >= 4 is 23.0 Å². The van der Waals surface area contributed by atoms with Crippen molar-refractivity contribution in [3.05, 3.63) is 45.8 Å². The lowest BCUT2D eigenvalue weighted by atomic mass is 10.1. The van der Waals surface area contributed by atoms with Crippen LogP contribution in [-0.4, -0.2) is 10.9 Å². The van der Waals surface area contributed by atoms with E-state index in [0.29, 0.717) is 0 Å². The van der Waals surface area contributed by atoms with Gasteiger partial charge in [-0.25, -0.2) is 0 Å². The highest BCUT2D eigenvalue weighted by atomic mass is 32.1. The first kappa shape index (κ1) is 12.3. The molecule has 0 spiro atoms. The summed E-state index contributed by atoms with van der Waals surface area (Å²) in [4.78, 5) is 22.2. The standard InChI is InChI=1S/C12H9NO4S/c1-8(14)17-11-5-4-9(7-10(11)13(15)16)12-3-2-6-18-12/h2-7H,1H3. The van der Waals surface area contributed by atoms with Crippen LogP contribution in [0.3, 0.4) is 0 Å². The van der Waals surface area contributed by atoms with Crippen molar-refractivity contribution in [3.8, 4) is 16.2 Å². The van der Waals surface area contributed by atoms with Gasteiger partial charge in [0.25, 0.3) is 0 Å². The van der Waals surface area contributed by atoms with Crippen LogP contribution in [-0.2, 0) is 4.79 Å². The molecule has 1 heterocycles. The summed E-state index contributed by atoms with van der Waals surface area (Å²) < 4.78 is 4.80. The number of hydrogen-bond acceptors (Lipinski definition) is 5. The summed E-state index contributed by atoms with van der Waals surface area (Å²) in [6, 6.07) is 8.27. The Morgan fingerprint density at radius 2 is 2.17 bits per heavy atom. The van der Waals surface area contributed by atoms with Crippen LogP contribution in [0, 0.1) is 10.1 Å². The van der Waals surface area contributed by atoms with E-state index in [-0.39, 0.29) is 11.4 Å². The fraction of sp³-hybridized carbons (Fsp3) is 0.0833. The summed E-state index contributed by atoms with van der Waals surface area (Å²) in [5.74, 6) is -0.616. The average molecular weight is 263 g/mol. The highest BCUT2D eigenvalue weighted by Gasteiger charge is 2.18. The molecule has 0 atom stereocenters.